The Morgan fingerprint density at radius 2 is 0.569 bits per heavy atom. The number of hydrogen-bond donors (Lipinski definition) is 0. The minimum atomic E-state index is -0.305. The number of hydrogen-bond acceptors (Lipinski definition) is 2. The third-order valence-electron chi connectivity index (χ3n) is 14.6. The van der Waals surface area contributed by atoms with Crippen LogP contribution in [0.15, 0.2) is 231 Å². The van der Waals surface area contributed by atoms with Crippen LogP contribution in [0.4, 0.5) is 42.9 Å². The van der Waals surface area contributed by atoms with Crippen LogP contribution < -0.4 is 9.80 Å². The summed E-state index contributed by atoms with van der Waals surface area (Å²) in [6.07, 6.45) is 0. The van der Waals surface area contributed by atoms with E-state index in [-0.39, 0.29) is 11.6 Å². The molecule has 0 aromatic heterocycles. The third-order valence-corrected chi connectivity index (χ3v) is 14.6. The highest BCUT2D eigenvalue weighted by Crippen LogP contribution is 2.51. The highest BCUT2D eigenvalue weighted by Gasteiger charge is 2.28. The van der Waals surface area contributed by atoms with Gasteiger partial charge in [-0.25, -0.2) is 8.78 Å². The molecule has 0 atom stereocenters. The van der Waals surface area contributed by atoms with E-state index in [2.05, 4.69) is 109 Å². The van der Waals surface area contributed by atoms with Crippen molar-refractivity contribution in [3.63, 3.8) is 0 Å². The molecule has 0 amide bonds. The molecule has 0 bridgehead atoms. The summed E-state index contributed by atoms with van der Waals surface area (Å²) in [4.78, 5) is 4.14. The van der Waals surface area contributed by atoms with Crippen molar-refractivity contribution < 1.29 is 8.78 Å². The topological polar surface area (TPSA) is 6.48 Å². The molecule has 12 rings (SSSR count). The Hall–Kier alpha value is -8.86. The standard InChI is InChI=1S/C68H50F2N2/c1-43-19-11-15-27-51(43)55-37-41-61(67(69)65(55)53-29-17-13-21-45(53)3)71(49-23-7-5-8-24-49)59-39-33-47-32-36-58-60(40-34-48-31-35-57(59)63(47)64(48)58)72(50-25-9-6-10-26-50)62-42-38-56(52-28-16-12-20-44(52)2)66(68(62)70)54-30-18-14-22-46(54)4/h5-42H,1-4H3. The van der Waals surface area contributed by atoms with Gasteiger partial charge in [-0.3, -0.25) is 0 Å². The van der Waals surface area contributed by atoms with Crippen molar-refractivity contribution >= 4 is 66.4 Å². The van der Waals surface area contributed by atoms with Crippen LogP contribution >= 0.6 is 0 Å². The fraction of sp³-hybridized carbons (Fsp3) is 0.0588. The zero-order chi connectivity index (χ0) is 49.0. The summed E-state index contributed by atoms with van der Waals surface area (Å²) in [5.41, 5.74) is 14.8. The molecule has 0 spiro atoms. The molecule has 12 aromatic carbocycles. The van der Waals surface area contributed by atoms with Crippen LogP contribution in [-0.4, -0.2) is 0 Å². The molecule has 0 unspecified atom stereocenters. The second kappa shape index (κ2) is 18.1. The van der Waals surface area contributed by atoms with E-state index in [1.54, 1.807) is 0 Å². The first-order chi connectivity index (χ1) is 35.3. The van der Waals surface area contributed by atoms with Gasteiger partial charge in [-0.2, -0.15) is 0 Å². The van der Waals surface area contributed by atoms with Gasteiger partial charge in [0.1, 0.15) is 0 Å². The van der Waals surface area contributed by atoms with Gasteiger partial charge in [0.25, 0.3) is 0 Å². The maximum absolute atomic E-state index is 18.4. The first-order valence-corrected chi connectivity index (χ1v) is 24.6. The minimum Gasteiger partial charge on any atom is -0.307 e. The Balaban J connectivity index is 1.10. The maximum Gasteiger partial charge on any atom is 0.155 e. The lowest BCUT2D eigenvalue weighted by Gasteiger charge is -2.31. The van der Waals surface area contributed by atoms with Gasteiger partial charge in [-0.1, -0.05) is 182 Å². The lowest BCUT2D eigenvalue weighted by molar-refractivity contribution is 0.632. The van der Waals surface area contributed by atoms with Crippen LogP contribution in [-0.2, 0) is 0 Å². The lowest BCUT2D eigenvalue weighted by Crippen LogP contribution is -2.14. The van der Waals surface area contributed by atoms with Crippen molar-refractivity contribution in [3.8, 4) is 44.5 Å². The summed E-state index contributed by atoms with van der Waals surface area (Å²) in [5.74, 6) is -0.609. The minimum absolute atomic E-state index is 0.305. The molecule has 2 nitrogen and oxygen atoms in total. The van der Waals surface area contributed by atoms with Gasteiger partial charge in [0.05, 0.1) is 22.7 Å². The molecule has 346 valence electrons. The Labute approximate surface area is 419 Å². The van der Waals surface area contributed by atoms with E-state index in [9.17, 15) is 0 Å². The summed E-state index contributed by atoms with van der Waals surface area (Å²) in [7, 11) is 0. The molecule has 0 aliphatic carbocycles. The third kappa shape index (κ3) is 7.38. The smallest absolute Gasteiger partial charge is 0.155 e. The second-order valence-electron chi connectivity index (χ2n) is 18.8. The van der Waals surface area contributed by atoms with Crippen LogP contribution in [0, 0.1) is 39.3 Å². The number of halogens is 2. The molecule has 0 saturated carbocycles. The molecule has 72 heavy (non-hydrogen) atoms. The summed E-state index contributed by atoms with van der Waals surface area (Å²) in [5, 5.41) is 6.13. The van der Waals surface area contributed by atoms with E-state index >= 15 is 8.78 Å². The Bertz CT molecular complexity index is 3750. The Kier molecular flexibility index (Phi) is 11.2. The average Bonchev–Trinajstić information content (AvgIpc) is 3.41. The normalized spacial score (nSPS) is 11.5. The SMILES string of the molecule is Cc1ccccc1-c1ccc(N(c2ccccc2)c2ccc3ccc4c(N(c5ccccc5)c5ccc(-c6ccccc6C)c(-c6ccccc6C)c5F)ccc5ccc2c3c54)c(F)c1-c1ccccc1C. The summed E-state index contributed by atoms with van der Waals surface area (Å²) in [6.45, 7) is 8.25. The number of anilines is 6. The van der Waals surface area contributed by atoms with Crippen LogP contribution in [0.5, 0.6) is 0 Å². The van der Waals surface area contributed by atoms with Crippen molar-refractivity contribution in [2.24, 2.45) is 0 Å². The predicted molar refractivity (Wildman–Crippen MR) is 300 cm³/mol. The first kappa shape index (κ1) is 44.4. The Morgan fingerprint density at radius 1 is 0.264 bits per heavy atom. The van der Waals surface area contributed by atoms with Gasteiger partial charge in [0.15, 0.2) is 11.6 Å². The molecule has 0 saturated heterocycles. The van der Waals surface area contributed by atoms with E-state index < -0.39 is 0 Å². The largest absolute Gasteiger partial charge is 0.307 e. The van der Waals surface area contributed by atoms with E-state index in [1.165, 1.54) is 0 Å². The molecule has 0 N–H and O–H groups in total. The predicted octanol–water partition coefficient (Wildman–Crippen LogP) is 19.7. The molecule has 12 aromatic rings. The number of benzene rings is 12. The van der Waals surface area contributed by atoms with Crippen molar-refractivity contribution in [2.75, 3.05) is 9.80 Å². The van der Waals surface area contributed by atoms with Gasteiger partial charge in [0, 0.05) is 33.3 Å². The van der Waals surface area contributed by atoms with Crippen molar-refractivity contribution in [3.05, 3.63) is 264 Å². The monoisotopic (exact) mass is 932 g/mol. The zero-order valence-corrected chi connectivity index (χ0v) is 40.6. The zero-order valence-electron chi connectivity index (χ0n) is 40.6. The van der Waals surface area contributed by atoms with Gasteiger partial charge in [-0.15, -0.1) is 0 Å². The fourth-order valence-electron chi connectivity index (χ4n) is 11.0. The summed E-state index contributed by atoms with van der Waals surface area (Å²) < 4.78 is 36.7. The number of rotatable bonds is 10. The van der Waals surface area contributed by atoms with E-state index in [4.69, 9.17) is 0 Å². The molecule has 0 aliphatic heterocycles. The highest BCUT2D eigenvalue weighted by molar-refractivity contribution is 6.28. The van der Waals surface area contributed by atoms with Crippen LogP contribution in [0.1, 0.15) is 22.3 Å². The molecule has 4 heteroatoms. The quantitative estimate of drug-likeness (QED) is 0.126. The Morgan fingerprint density at radius 3 is 0.931 bits per heavy atom. The lowest BCUT2D eigenvalue weighted by atomic mass is 9.88. The van der Waals surface area contributed by atoms with Gasteiger partial charge in [0.2, 0.25) is 0 Å². The molecule has 0 fully saturated rings. The van der Waals surface area contributed by atoms with E-state index in [0.717, 1.165) is 111 Å². The van der Waals surface area contributed by atoms with E-state index in [1.807, 2.05) is 159 Å². The van der Waals surface area contributed by atoms with Gasteiger partial charge < -0.3 is 9.80 Å². The first-order valence-electron chi connectivity index (χ1n) is 24.6. The number of aryl methyl sites for hydroxylation is 4. The van der Waals surface area contributed by atoms with Crippen molar-refractivity contribution in [1.82, 2.24) is 0 Å². The fourth-order valence-corrected chi connectivity index (χ4v) is 11.0. The van der Waals surface area contributed by atoms with Crippen LogP contribution in [0.2, 0.25) is 0 Å². The van der Waals surface area contributed by atoms with E-state index in [0.29, 0.717) is 22.5 Å². The molecule has 0 aliphatic rings. The second-order valence-corrected chi connectivity index (χ2v) is 18.8. The molecule has 0 radical (unpaired) electrons. The maximum atomic E-state index is 18.4. The molecule has 0 heterocycles. The van der Waals surface area contributed by atoms with Crippen molar-refractivity contribution in [2.45, 2.75) is 27.7 Å². The average molecular weight is 933 g/mol. The summed E-state index contributed by atoms with van der Waals surface area (Å²) in [6, 6.07) is 77.9. The van der Waals surface area contributed by atoms with Gasteiger partial charge in [-0.05, 0) is 153 Å². The van der Waals surface area contributed by atoms with Crippen LogP contribution in [0.3, 0.4) is 0 Å². The van der Waals surface area contributed by atoms with Crippen molar-refractivity contribution in [1.29, 1.82) is 0 Å². The highest BCUT2D eigenvalue weighted by atomic mass is 19.1. The number of para-hydroxylation sites is 2. The molecular formula is C68H50F2N2. The van der Waals surface area contributed by atoms with Gasteiger partial charge >= 0.3 is 0 Å². The van der Waals surface area contributed by atoms with Crippen LogP contribution in [0.25, 0.3) is 76.8 Å². The molecular weight excluding hydrogens is 883 g/mol. The summed E-state index contributed by atoms with van der Waals surface area (Å²) >= 11 is 0. The number of nitrogens with zero attached hydrogens (tertiary/aromatic N) is 2.